The first-order valence-electron chi connectivity index (χ1n) is 6.42. The molecule has 8 heteroatoms. The highest BCUT2D eigenvalue weighted by Crippen LogP contribution is 2.31. The van der Waals surface area contributed by atoms with Gasteiger partial charge in [-0.15, -0.1) is 11.3 Å². The molecular formula is C12H21BrN2O3S2. The number of nitrogens with two attached hydrogens (primary N) is 1. The van der Waals surface area contributed by atoms with E-state index in [1.54, 1.807) is 6.07 Å². The van der Waals surface area contributed by atoms with Gasteiger partial charge in [-0.05, 0) is 34.3 Å². The summed E-state index contributed by atoms with van der Waals surface area (Å²) in [7, 11) is -3.51. The van der Waals surface area contributed by atoms with Gasteiger partial charge in [0.2, 0.25) is 10.0 Å². The molecule has 0 spiro atoms. The van der Waals surface area contributed by atoms with Gasteiger partial charge in [-0.1, -0.05) is 13.8 Å². The largest absolute Gasteiger partial charge is 0.380 e. The first kappa shape index (κ1) is 18.1. The third-order valence-corrected chi connectivity index (χ3v) is 6.31. The number of nitrogens with one attached hydrogen (secondary N) is 1. The van der Waals surface area contributed by atoms with Gasteiger partial charge in [-0.2, -0.15) is 0 Å². The van der Waals surface area contributed by atoms with Gasteiger partial charge in [-0.25, -0.2) is 13.1 Å². The lowest BCUT2D eigenvalue weighted by atomic mass is 10.1. The van der Waals surface area contributed by atoms with E-state index in [2.05, 4.69) is 34.5 Å². The number of sulfonamides is 1. The highest BCUT2D eigenvalue weighted by atomic mass is 79.9. The molecule has 1 aromatic rings. The summed E-state index contributed by atoms with van der Waals surface area (Å²) in [5.74, 6) is 0.586. The van der Waals surface area contributed by atoms with Crippen LogP contribution in [0.4, 0.5) is 0 Å². The molecule has 0 aliphatic rings. The number of rotatable bonds is 9. The monoisotopic (exact) mass is 384 g/mol. The Bertz CT molecular complexity index is 515. The zero-order valence-electron chi connectivity index (χ0n) is 11.7. The minimum Gasteiger partial charge on any atom is -0.380 e. The molecular weight excluding hydrogens is 364 g/mol. The van der Waals surface area contributed by atoms with E-state index in [0.717, 1.165) is 11.3 Å². The smallest absolute Gasteiger partial charge is 0.242 e. The van der Waals surface area contributed by atoms with E-state index in [-0.39, 0.29) is 11.4 Å². The van der Waals surface area contributed by atoms with Crippen molar-refractivity contribution in [1.82, 2.24) is 4.72 Å². The number of hydrogen-bond donors (Lipinski definition) is 2. The van der Waals surface area contributed by atoms with Crippen LogP contribution >= 0.6 is 27.3 Å². The van der Waals surface area contributed by atoms with Gasteiger partial charge in [0.25, 0.3) is 0 Å². The van der Waals surface area contributed by atoms with Crippen LogP contribution in [0.2, 0.25) is 0 Å². The van der Waals surface area contributed by atoms with Gasteiger partial charge in [0.05, 0.1) is 10.4 Å². The summed E-state index contributed by atoms with van der Waals surface area (Å²) < 4.78 is 32.7. The van der Waals surface area contributed by atoms with Crippen LogP contribution in [0.3, 0.4) is 0 Å². The summed E-state index contributed by atoms with van der Waals surface area (Å²) in [5.41, 5.74) is 5.51. The molecule has 5 nitrogen and oxygen atoms in total. The molecule has 0 radical (unpaired) electrons. The summed E-state index contributed by atoms with van der Waals surface area (Å²) in [4.78, 5) is 1.07. The van der Waals surface area contributed by atoms with Crippen molar-refractivity contribution < 1.29 is 13.2 Å². The molecule has 0 bridgehead atoms. The van der Waals surface area contributed by atoms with Crippen LogP contribution in [-0.2, 0) is 21.3 Å². The van der Waals surface area contributed by atoms with E-state index >= 15 is 0 Å². The third kappa shape index (κ3) is 5.79. The molecule has 20 heavy (non-hydrogen) atoms. The fraction of sp³-hybridized carbons (Fsp3) is 0.667. The Morgan fingerprint density at radius 3 is 2.70 bits per heavy atom. The lowest BCUT2D eigenvalue weighted by Crippen LogP contribution is -2.27. The maximum Gasteiger partial charge on any atom is 0.242 e. The fourth-order valence-corrected chi connectivity index (χ4v) is 5.00. The Morgan fingerprint density at radius 2 is 2.15 bits per heavy atom. The van der Waals surface area contributed by atoms with E-state index in [0.29, 0.717) is 29.5 Å². The molecule has 3 N–H and O–H groups in total. The number of hydrogen-bond acceptors (Lipinski definition) is 5. The van der Waals surface area contributed by atoms with Gasteiger partial charge in [0.15, 0.2) is 0 Å². The molecule has 0 atom stereocenters. The normalized spacial score (nSPS) is 12.2. The average molecular weight is 385 g/mol. The molecule has 116 valence electrons. The van der Waals surface area contributed by atoms with Gasteiger partial charge in [0, 0.05) is 24.6 Å². The van der Waals surface area contributed by atoms with Crippen molar-refractivity contribution in [3.63, 3.8) is 0 Å². The molecule has 0 saturated heterocycles. The SMILES string of the molecule is CC(C)CCOCCNS(=O)(=O)c1cc(CN)sc1Br. The first-order chi connectivity index (χ1) is 9.36. The molecule has 0 aliphatic carbocycles. The minimum absolute atomic E-state index is 0.241. The Kier molecular flexibility index (Phi) is 7.63. The van der Waals surface area contributed by atoms with E-state index in [1.165, 1.54) is 11.3 Å². The molecule has 1 rings (SSSR count). The standard InChI is InChI=1S/C12H21BrN2O3S2/c1-9(2)3-5-18-6-4-15-20(16,17)11-7-10(8-14)19-12(11)13/h7,9,15H,3-6,8,14H2,1-2H3. The van der Waals surface area contributed by atoms with Crippen LogP contribution in [-0.4, -0.2) is 28.2 Å². The van der Waals surface area contributed by atoms with Crippen LogP contribution in [0.25, 0.3) is 0 Å². The second-order valence-electron chi connectivity index (χ2n) is 4.75. The van der Waals surface area contributed by atoms with Gasteiger partial charge < -0.3 is 10.5 Å². The summed E-state index contributed by atoms with van der Waals surface area (Å²) in [6, 6.07) is 1.59. The third-order valence-electron chi connectivity index (χ3n) is 2.58. The van der Waals surface area contributed by atoms with Crippen LogP contribution in [0, 0.1) is 5.92 Å². The predicted octanol–water partition coefficient (Wildman–Crippen LogP) is 2.31. The number of halogens is 1. The summed E-state index contributed by atoms with van der Waals surface area (Å²) >= 11 is 4.59. The van der Waals surface area contributed by atoms with Gasteiger partial charge >= 0.3 is 0 Å². The fourth-order valence-electron chi connectivity index (χ4n) is 1.43. The second-order valence-corrected chi connectivity index (χ2v) is 8.94. The van der Waals surface area contributed by atoms with Crippen molar-refractivity contribution in [1.29, 1.82) is 0 Å². The Balaban J connectivity index is 2.43. The van der Waals surface area contributed by atoms with E-state index in [4.69, 9.17) is 10.5 Å². The van der Waals surface area contributed by atoms with E-state index in [9.17, 15) is 8.42 Å². The quantitative estimate of drug-likeness (QED) is 0.640. The highest BCUT2D eigenvalue weighted by molar-refractivity contribution is 9.11. The van der Waals surface area contributed by atoms with Crippen molar-refractivity contribution in [2.45, 2.75) is 31.7 Å². The molecule has 1 aromatic heterocycles. The first-order valence-corrected chi connectivity index (χ1v) is 9.51. The summed E-state index contributed by atoms with van der Waals surface area (Å²) in [6.45, 7) is 5.86. The van der Waals surface area contributed by atoms with Gasteiger partial charge in [0.1, 0.15) is 4.90 Å². The Morgan fingerprint density at radius 1 is 1.45 bits per heavy atom. The predicted molar refractivity (Wildman–Crippen MR) is 85.4 cm³/mol. The molecule has 0 aliphatic heterocycles. The van der Waals surface area contributed by atoms with Gasteiger partial charge in [-0.3, -0.25) is 0 Å². The van der Waals surface area contributed by atoms with Crippen molar-refractivity contribution in [3.05, 3.63) is 14.7 Å². The van der Waals surface area contributed by atoms with Crippen LogP contribution < -0.4 is 10.5 Å². The highest BCUT2D eigenvalue weighted by Gasteiger charge is 2.20. The van der Waals surface area contributed by atoms with Crippen molar-refractivity contribution >= 4 is 37.3 Å². The van der Waals surface area contributed by atoms with Crippen molar-refractivity contribution in [2.24, 2.45) is 11.7 Å². The van der Waals surface area contributed by atoms with Crippen LogP contribution in [0.1, 0.15) is 25.1 Å². The van der Waals surface area contributed by atoms with E-state index in [1.807, 2.05) is 0 Å². The van der Waals surface area contributed by atoms with Crippen molar-refractivity contribution in [2.75, 3.05) is 19.8 Å². The number of ether oxygens (including phenoxy) is 1. The average Bonchev–Trinajstić information content (AvgIpc) is 2.75. The van der Waals surface area contributed by atoms with Crippen molar-refractivity contribution in [3.8, 4) is 0 Å². The molecule has 0 saturated carbocycles. The second kappa shape index (κ2) is 8.45. The van der Waals surface area contributed by atoms with Crippen LogP contribution in [0.5, 0.6) is 0 Å². The lowest BCUT2D eigenvalue weighted by molar-refractivity contribution is 0.128. The Hall–Kier alpha value is 0.01000. The maximum absolute atomic E-state index is 12.1. The topological polar surface area (TPSA) is 81.4 Å². The van der Waals surface area contributed by atoms with Crippen LogP contribution in [0.15, 0.2) is 14.7 Å². The molecule has 0 aromatic carbocycles. The molecule has 0 amide bonds. The Labute approximate surface area is 133 Å². The minimum atomic E-state index is -3.51. The molecule has 0 fully saturated rings. The molecule has 0 unspecified atom stereocenters. The zero-order chi connectivity index (χ0) is 15.2. The molecule has 1 heterocycles. The lowest BCUT2D eigenvalue weighted by Gasteiger charge is -2.08. The summed E-state index contributed by atoms with van der Waals surface area (Å²) in [5, 5.41) is 0. The summed E-state index contributed by atoms with van der Waals surface area (Å²) in [6.07, 6.45) is 0.975. The zero-order valence-corrected chi connectivity index (χ0v) is 14.9. The maximum atomic E-state index is 12.1. The number of thiophene rings is 1. The van der Waals surface area contributed by atoms with E-state index < -0.39 is 10.0 Å².